The zero-order chi connectivity index (χ0) is 19.4. The molecule has 0 amide bonds. The molecule has 27 heavy (non-hydrogen) atoms. The first kappa shape index (κ1) is 18.4. The average molecular weight is 364 g/mol. The van der Waals surface area contributed by atoms with Crippen LogP contribution in [-0.2, 0) is 4.74 Å². The van der Waals surface area contributed by atoms with Crippen LogP contribution >= 0.6 is 0 Å². The lowest BCUT2D eigenvalue weighted by molar-refractivity contribution is -0.385. The molecule has 2 aromatic rings. The van der Waals surface area contributed by atoms with Gasteiger partial charge in [0.1, 0.15) is 0 Å². The number of carbonyl (C=O) groups is 1. The summed E-state index contributed by atoms with van der Waals surface area (Å²) >= 11 is 0. The van der Waals surface area contributed by atoms with E-state index in [0.717, 1.165) is 23.4 Å². The molecule has 138 valence electrons. The molecule has 0 aliphatic carbocycles. The van der Waals surface area contributed by atoms with Crippen LogP contribution in [0.1, 0.15) is 35.3 Å². The second kappa shape index (κ2) is 7.86. The summed E-state index contributed by atoms with van der Waals surface area (Å²) in [6, 6.07) is 12.3. The number of nitrogens with zero attached hydrogens (tertiary/aromatic N) is 2. The van der Waals surface area contributed by atoms with Gasteiger partial charge < -0.3 is 9.64 Å². The van der Waals surface area contributed by atoms with Crippen molar-refractivity contribution in [2.24, 2.45) is 0 Å². The number of hydrogen-bond acceptors (Lipinski definition) is 5. The number of nitro benzene ring substituents is 1. The number of nitro groups is 1. The van der Waals surface area contributed by atoms with Crippen molar-refractivity contribution in [3.05, 3.63) is 81.5 Å². The fourth-order valence-corrected chi connectivity index (χ4v) is 3.04. The molecule has 2 aromatic carbocycles. The second-order valence-corrected chi connectivity index (χ2v) is 5.97. The van der Waals surface area contributed by atoms with Crippen molar-refractivity contribution in [2.45, 2.75) is 13.8 Å². The van der Waals surface area contributed by atoms with Crippen LogP contribution in [-0.4, -0.2) is 24.0 Å². The van der Waals surface area contributed by atoms with Crippen molar-refractivity contribution >= 4 is 29.0 Å². The Hall–Kier alpha value is -3.41. The van der Waals surface area contributed by atoms with Crippen LogP contribution < -0.4 is 4.90 Å². The molecule has 0 atom stereocenters. The van der Waals surface area contributed by atoms with Gasteiger partial charge in [-0.15, -0.1) is 0 Å². The van der Waals surface area contributed by atoms with Gasteiger partial charge in [0.05, 0.1) is 22.7 Å². The van der Waals surface area contributed by atoms with E-state index in [1.165, 1.54) is 6.07 Å². The average Bonchev–Trinajstić information content (AvgIpc) is 2.68. The quantitative estimate of drug-likeness (QED) is 0.438. The van der Waals surface area contributed by atoms with Gasteiger partial charge in [0.15, 0.2) is 0 Å². The van der Waals surface area contributed by atoms with Crippen molar-refractivity contribution in [3.8, 4) is 0 Å². The SMILES string of the molecule is CCOC(=O)c1ccc(/C=C2\C=CN(CC)c3ccccc32)c([N+](=O)[O-])c1. The largest absolute Gasteiger partial charge is 0.462 e. The molecule has 1 aliphatic rings. The highest BCUT2D eigenvalue weighted by Crippen LogP contribution is 2.35. The third kappa shape index (κ3) is 3.74. The number of rotatable bonds is 5. The van der Waals surface area contributed by atoms with Crippen molar-refractivity contribution in [2.75, 3.05) is 18.1 Å². The Morgan fingerprint density at radius 3 is 2.70 bits per heavy atom. The van der Waals surface area contributed by atoms with Gasteiger partial charge in [-0.05, 0) is 49.8 Å². The Morgan fingerprint density at radius 2 is 2.00 bits per heavy atom. The highest BCUT2D eigenvalue weighted by molar-refractivity contribution is 5.97. The number of benzene rings is 2. The van der Waals surface area contributed by atoms with Crippen LogP contribution in [0.4, 0.5) is 11.4 Å². The Balaban J connectivity index is 2.07. The number of allylic oxidation sites excluding steroid dienone is 2. The van der Waals surface area contributed by atoms with E-state index < -0.39 is 10.9 Å². The minimum absolute atomic E-state index is 0.128. The maximum atomic E-state index is 11.9. The molecule has 0 N–H and O–H groups in total. The van der Waals surface area contributed by atoms with Gasteiger partial charge in [0.2, 0.25) is 0 Å². The summed E-state index contributed by atoms with van der Waals surface area (Å²) in [4.78, 5) is 25.1. The standard InChI is InChI=1S/C21H20N2O4/c1-3-22-12-11-15(18-7-5-6-8-19(18)22)13-16-9-10-17(21(24)27-4-2)14-20(16)23(25)26/h5-14H,3-4H2,1-2H3/b15-13+. The van der Waals surface area contributed by atoms with Crippen molar-refractivity contribution in [1.29, 1.82) is 0 Å². The van der Waals surface area contributed by atoms with Gasteiger partial charge in [-0.2, -0.15) is 0 Å². The topological polar surface area (TPSA) is 72.7 Å². The van der Waals surface area contributed by atoms with E-state index in [-0.39, 0.29) is 17.9 Å². The normalized spacial score (nSPS) is 14.1. The molecule has 0 aromatic heterocycles. The minimum atomic E-state index is -0.568. The molecule has 0 bridgehead atoms. The molecule has 6 nitrogen and oxygen atoms in total. The monoisotopic (exact) mass is 364 g/mol. The lowest BCUT2D eigenvalue weighted by Gasteiger charge is -2.26. The van der Waals surface area contributed by atoms with Crippen LogP contribution in [0.25, 0.3) is 11.6 Å². The zero-order valence-electron chi connectivity index (χ0n) is 15.2. The Labute approximate surface area is 157 Å². The first-order valence-corrected chi connectivity index (χ1v) is 8.76. The number of ether oxygens (including phenoxy) is 1. The predicted octanol–water partition coefficient (Wildman–Crippen LogP) is 4.67. The van der Waals surface area contributed by atoms with Crippen molar-refractivity contribution in [1.82, 2.24) is 0 Å². The van der Waals surface area contributed by atoms with Gasteiger partial charge in [0.25, 0.3) is 5.69 Å². The first-order chi connectivity index (χ1) is 13.0. The number of carbonyl (C=O) groups excluding carboxylic acids is 1. The summed E-state index contributed by atoms with van der Waals surface area (Å²) in [5.74, 6) is -0.568. The Bertz CT molecular complexity index is 947. The summed E-state index contributed by atoms with van der Waals surface area (Å²) in [7, 11) is 0. The third-order valence-corrected chi connectivity index (χ3v) is 4.35. The summed E-state index contributed by atoms with van der Waals surface area (Å²) in [5.41, 5.74) is 3.42. The zero-order valence-corrected chi connectivity index (χ0v) is 15.2. The van der Waals surface area contributed by atoms with Crippen molar-refractivity contribution < 1.29 is 14.5 Å². The summed E-state index contributed by atoms with van der Waals surface area (Å²) in [6.07, 6.45) is 5.68. The van der Waals surface area contributed by atoms with Crippen LogP contribution in [0.15, 0.2) is 54.7 Å². The molecule has 3 rings (SSSR count). The van der Waals surface area contributed by atoms with E-state index in [2.05, 4.69) is 11.8 Å². The molecule has 0 spiro atoms. The molecule has 1 aliphatic heterocycles. The third-order valence-electron chi connectivity index (χ3n) is 4.35. The maximum absolute atomic E-state index is 11.9. The second-order valence-electron chi connectivity index (χ2n) is 5.97. The molecule has 6 heteroatoms. The van der Waals surface area contributed by atoms with E-state index in [1.807, 2.05) is 36.5 Å². The molecular weight excluding hydrogens is 344 g/mol. The van der Waals surface area contributed by atoms with E-state index in [9.17, 15) is 14.9 Å². The number of anilines is 1. The lowest BCUT2D eigenvalue weighted by Crippen LogP contribution is -2.18. The molecule has 1 heterocycles. The first-order valence-electron chi connectivity index (χ1n) is 8.76. The molecule has 0 fully saturated rings. The van der Waals surface area contributed by atoms with Gasteiger partial charge in [-0.25, -0.2) is 4.79 Å². The minimum Gasteiger partial charge on any atom is -0.462 e. The number of fused-ring (bicyclic) bond motifs is 1. The predicted molar refractivity (Wildman–Crippen MR) is 106 cm³/mol. The maximum Gasteiger partial charge on any atom is 0.338 e. The number of para-hydroxylation sites is 1. The molecule has 0 radical (unpaired) electrons. The fraction of sp³-hybridized carbons (Fsp3) is 0.190. The van der Waals surface area contributed by atoms with Crippen LogP contribution in [0.3, 0.4) is 0 Å². The van der Waals surface area contributed by atoms with E-state index in [0.29, 0.717) is 5.56 Å². The van der Waals surface area contributed by atoms with Gasteiger partial charge in [-0.3, -0.25) is 10.1 Å². The fourth-order valence-electron chi connectivity index (χ4n) is 3.04. The lowest BCUT2D eigenvalue weighted by atomic mass is 9.97. The van der Waals surface area contributed by atoms with E-state index in [1.54, 1.807) is 25.1 Å². The Morgan fingerprint density at radius 1 is 1.22 bits per heavy atom. The van der Waals surface area contributed by atoms with Crippen molar-refractivity contribution in [3.63, 3.8) is 0 Å². The van der Waals surface area contributed by atoms with Crippen LogP contribution in [0.5, 0.6) is 0 Å². The number of esters is 1. The van der Waals surface area contributed by atoms with Crippen LogP contribution in [0.2, 0.25) is 0 Å². The number of hydrogen-bond donors (Lipinski definition) is 0. The highest BCUT2D eigenvalue weighted by atomic mass is 16.6. The van der Waals surface area contributed by atoms with E-state index >= 15 is 0 Å². The van der Waals surface area contributed by atoms with Gasteiger partial charge in [0, 0.05) is 30.1 Å². The summed E-state index contributed by atoms with van der Waals surface area (Å²) < 4.78 is 4.93. The summed E-state index contributed by atoms with van der Waals surface area (Å²) in [5, 5.41) is 11.5. The molecular formula is C21H20N2O4. The van der Waals surface area contributed by atoms with Gasteiger partial charge >= 0.3 is 5.97 Å². The smallest absolute Gasteiger partial charge is 0.338 e. The van der Waals surface area contributed by atoms with E-state index in [4.69, 9.17) is 4.74 Å². The van der Waals surface area contributed by atoms with Crippen LogP contribution in [0, 0.1) is 10.1 Å². The molecule has 0 saturated carbocycles. The Kier molecular flexibility index (Phi) is 5.35. The summed E-state index contributed by atoms with van der Waals surface area (Å²) in [6.45, 7) is 4.80. The molecule has 0 saturated heterocycles. The highest BCUT2D eigenvalue weighted by Gasteiger charge is 2.19. The molecule has 0 unspecified atom stereocenters. The van der Waals surface area contributed by atoms with Gasteiger partial charge in [-0.1, -0.05) is 18.2 Å².